The third-order valence-electron chi connectivity index (χ3n) is 4.58. The van der Waals surface area contributed by atoms with Crippen molar-refractivity contribution >= 4 is 0 Å². The van der Waals surface area contributed by atoms with Crippen molar-refractivity contribution in [2.75, 3.05) is 20.8 Å². The fraction of sp³-hybridized carbons (Fsp3) is 0.667. The van der Waals surface area contributed by atoms with Crippen LogP contribution in [0.4, 0.5) is 0 Å². The van der Waals surface area contributed by atoms with Crippen molar-refractivity contribution in [1.29, 1.82) is 0 Å². The Labute approximate surface area is 129 Å². The van der Waals surface area contributed by atoms with Gasteiger partial charge in [-0.1, -0.05) is 26.2 Å². The first-order valence-corrected chi connectivity index (χ1v) is 8.15. The Bertz CT molecular complexity index is 455. The largest absolute Gasteiger partial charge is 0.493 e. The summed E-state index contributed by atoms with van der Waals surface area (Å²) in [6, 6.07) is 4.67. The van der Waals surface area contributed by atoms with Crippen LogP contribution in [0.15, 0.2) is 12.1 Å². The molecule has 1 unspecified atom stereocenters. The van der Waals surface area contributed by atoms with Gasteiger partial charge in [-0.05, 0) is 55.5 Å². The van der Waals surface area contributed by atoms with Gasteiger partial charge in [-0.15, -0.1) is 0 Å². The lowest BCUT2D eigenvalue weighted by atomic mass is 9.79. The minimum atomic E-state index is 0.426. The zero-order valence-corrected chi connectivity index (χ0v) is 13.9. The van der Waals surface area contributed by atoms with Gasteiger partial charge in [0.25, 0.3) is 0 Å². The average molecular weight is 291 g/mol. The molecule has 0 aliphatic heterocycles. The molecule has 2 rings (SSSR count). The van der Waals surface area contributed by atoms with Crippen LogP contribution in [0.3, 0.4) is 0 Å². The molecule has 1 aromatic carbocycles. The zero-order valence-electron chi connectivity index (χ0n) is 13.9. The smallest absolute Gasteiger partial charge is 0.161 e. The highest BCUT2D eigenvalue weighted by atomic mass is 16.5. The van der Waals surface area contributed by atoms with Crippen molar-refractivity contribution in [1.82, 2.24) is 5.32 Å². The first kappa shape index (κ1) is 16.2. The summed E-state index contributed by atoms with van der Waals surface area (Å²) in [5, 5.41) is 3.72. The predicted molar refractivity (Wildman–Crippen MR) is 87.3 cm³/mol. The van der Waals surface area contributed by atoms with E-state index in [1.807, 2.05) is 0 Å². The molecule has 3 heteroatoms. The van der Waals surface area contributed by atoms with E-state index < -0.39 is 0 Å². The third-order valence-corrected chi connectivity index (χ3v) is 4.58. The molecule has 1 aromatic rings. The van der Waals surface area contributed by atoms with E-state index in [0.29, 0.717) is 6.04 Å². The van der Waals surface area contributed by atoms with E-state index in [-0.39, 0.29) is 0 Å². The van der Waals surface area contributed by atoms with E-state index in [4.69, 9.17) is 9.47 Å². The number of benzene rings is 1. The van der Waals surface area contributed by atoms with Gasteiger partial charge in [0.2, 0.25) is 0 Å². The van der Waals surface area contributed by atoms with E-state index in [1.54, 1.807) is 14.2 Å². The van der Waals surface area contributed by atoms with Gasteiger partial charge < -0.3 is 14.8 Å². The zero-order chi connectivity index (χ0) is 15.2. The van der Waals surface area contributed by atoms with E-state index in [2.05, 4.69) is 31.3 Å². The van der Waals surface area contributed by atoms with Crippen LogP contribution >= 0.6 is 0 Å². The Morgan fingerprint density at radius 1 is 1.19 bits per heavy atom. The monoisotopic (exact) mass is 291 g/mol. The van der Waals surface area contributed by atoms with Crippen LogP contribution in [0.5, 0.6) is 11.5 Å². The summed E-state index contributed by atoms with van der Waals surface area (Å²) in [6.07, 6.45) is 6.56. The van der Waals surface area contributed by atoms with Gasteiger partial charge in [-0.3, -0.25) is 0 Å². The molecule has 1 aliphatic carbocycles. The van der Waals surface area contributed by atoms with Gasteiger partial charge in [0.1, 0.15) is 0 Å². The Morgan fingerprint density at radius 2 is 1.86 bits per heavy atom. The van der Waals surface area contributed by atoms with E-state index in [9.17, 15) is 0 Å². The predicted octanol–water partition coefficient (Wildman–Crippen LogP) is 4.24. The number of hydrogen-bond donors (Lipinski definition) is 1. The van der Waals surface area contributed by atoms with Crippen LogP contribution in [0, 0.1) is 12.8 Å². The van der Waals surface area contributed by atoms with Gasteiger partial charge in [0, 0.05) is 6.04 Å². The van der Waals surface area contributed by atoms with Crippen molar-refractivity contribution in [3.05, 3.63) is 23.3 Å². The summed E-state index contributed by atoms with van der Waals surface area (Å²) in [7, 11) is 3.40. The number of methoxy groups -OCH3 is 2. The number of hydrogen-bond acceptors (Lipinski definition) is 3. The maximum atomic E-state index is 5.48. The Morgan fingerprint density at radius 3 is 2.38 bits per heavy atom. The van der Waals surface area contributed by atoms with Gasteiger partial charge in [0.15, 0.2) is 11.5 Å². The van der Waals surface area contributed by atoms with Crippen LogP contribution in [-0.2, 0) is 0 Å². The minimum absolute atomic E-state index is 0.426. The molecule has 21 heavy (non-hydrogen) atoms. The second-order valence-corrected chi connectivity index (χ2v) is 6.10. The van der Waals surface area contributed by atoms with Crippen molar-refractivity contribution < 1.29 is 9.47 Å². The molecule has 118 valence electrons. The fourth-order valence-corrected chi connectivity index (χ4v) is 3.07. The minimum Gasteiger partial charge on any atom is -0.493 e. The summed E-state index contributed by atoms with van der Waals surface area (Å²) in [5.74, 6) is 2.53. The third kappa shape index (κ3) is 3.91. The van der Waals surface area contributed by atoms with Crippen molar-refractivity contribution in [3.63, 3.8) is 0 Å². The van der Waals surface area contributed by atoms with Crippen molar-refractivity contribution in [2.24, 2.45) is 5.92 Å². The molecule has 0 bridgehead atoms. The Balaban J connectivity index is 2.23. The first-order valence-electron chi connectivity index (χ1n) is 8.15. The van der Waals surface area contributed by atoms with Gasteiger partial charge in [-0.2, -0.15) is 0 Å². The van der Waals surface area contributed by atoms with E-state index in [0.717, 1.165) is 30.4 Å². The molecular formula is C18H29NO2. The highest BCUT2D eigenvalue weighted by molar-refractivity contribution is 5.48. The molecule has 0 heterocycles. The number of nitrogens with one attached hydrogen (secondary N) is 1. The average Bonchev–Trinajstić information content (AvgIpc) is 2.45. The van der Waals surface area contributed by atoms with Crippen molar-refractivity contribution in [3.8, 4) is 11.5 Å². The summed E-state index contributed by atoms with van der Waals surface area (Å²) < 4.78 is 10.9. The second kappa shape index (κ2) is 7.69. The van der Waals surface area contributed by atoms with Crippen LogP contribution in [0.2, 0.25) is 0 Å². The van der Waals surface area contributed by atoms with Gasteiger partial charge in [-0.25, -0.2) is 0 Å². The SMILES string of the molecule is CCCNC(CC1CCC1)c1cc(OC)c(OC)cc1C. The molecule has 3 nitrogen and oxygen atoms in total. The lowest BCUT2D eigenvalue weighted by Crippen LogP contribution is -2.27. The molecule has 1 aliphatic rings. The first-order chi connectivity index (χ1) is 10.2. The summed E-state index contributed by atoms with van der Waals surface area (Å²) in [4.78, 5) is 0. The highest BCUT2D eigenvalue weighted by Gasteiger charge is 2.24. The normalized spacial score (nSPS) is 16.4. The van der Waals surface area contributed by atoms with Gasteiger partial charge >= 0.3 is 0 Å². The standard InChI is InChI=1S/C18H29NO2/c1-5-9-19-16(11-14-7-6-8-14)15-12-18(21-4)17(20-3)10-13(15)2/h10,12,14,16,19H,5-9,11H2,1-4H3. The maximum absolute atomic E-state index is 5.48. The molecule has 1 saturated carbocycles. The summed E-state index contributed by atoms with van der Waals surface area (Å²) >= 11 is 0. The number of ether oxygens (including phenoxy) is 2. The molecule has 0 amide bonds. The molecule has 1 N–H and O–H groups in total. The van der Waals surface area contributed by atoms with Crippen molar-refractivity contribution in [2.45, 2.75) is 52.0 Å². The van der Waals surface area contributed by atoms with Crippen LogP contribution in [0.25, 0.3) is 0 Å². The Kier molecular flexibility index (Phi) is 5.92. The topological polar surface area (TPSA) is 30.5 Å². The molecule has 0 spiro atoms. The lowest BCUT2D eigenvalue weighted by Gasteiger charge is -2.31. The molecule has 0 aromatic heterocycles. The van der Waals surface area contributed by atoms with Crippen LogP contribution < -0.4 is 14.8 Å². The van der Waals surface area contributed by atoms with Gasteiger partial charge in [0.05, 0.1) is 14.2 Å². The maximum Gasteiger partial charge on any atom is 0.161 e. The molecular weight excluding hydrogens is 262 g/mol. The molecule has 0 saturated heterocycles. The van der Waals surface area contributed by atoms with E-state index in [1.165, 1.54) is 36.8 Å². The fourth-order valence-electron chi connectivity index (χ4n) is 3.07. The summed E-state index contributed by atoms with van der Waals surface area (Å²) in [5.41, 5.74) is 2.63. The van der Waals surface area contributed by atoms with E-state index >= 15 is 0 Å². The quantitative estimate of drug-likeness (QED) is 0.777. The number of aryl methyl sites for hydroxylation is 1. The highest BCUT2D eigenvalue weighted by Crippen LogP contribution is 2.38. The lowest BCUT2D eigenvalue weighted by molar-refractivity contribution is 0.260. The second-order valence-electron chi connectivity index (χ2n) is 6.10. The summed E-state index contributed by atoms with van der Waals surface area (Å²) in [6.45, 7) is 5.44. The molecule has 0 radical (unpaired) electrons. The molecule has 1 atom stereocenters. The van der Waals surface area contributed by atoms with Crippen LogP contribution in [-0.4, -0.2) is 20.8 Å². The Hall–Kier alpha value is -1.22. The number of rotatable bonds is 8. The molecule has 1 fully saturated rings. The van der Waals surface area contributed by atoms with Crippen LogP contribution in [0.1, 0.15) is 56.2 Å².